The van der Waals surface area contributed by atoms with Crippen LogP contribution in [0.5, 0.6) is 0 Å². The van der Waals surface area contributed by atoms with E-state index in [1.807, 2.05) is 24.3 Å². The number of anilines is 1. The van der Waals surface area contributed by atoms with Crippen LogP contribution in [0.15, 0.2) is 42.6 Å². The molecule has 2 N–H and O–H groups in total. The summed E-state index contributed by atoms with van der Waals surface area (Å²) in [5.74, 6) is -1.44. The van der Waals surface area contributed by atoms with Crippen molar-refractivity contribution in [3.05, 3.63) is 59.4 Å². The molecular formula is C15H14N2O3. The normalized spacial score (nSPS) is 10.1. The van der Waals surface area contributed by atoms with Gasteiger partial charge >= 0.3 is 5.97 Å². The predicted octanol–water partition coefficient (Wildman–Crippen LogP) is 2.59. The Morgan fingerprint density at radius 1 is 1.15 bits per heavy atom. The zero-order valence-corrected chi connectivity index (χ0v) is 11.0. The van der Waals surface area contributed by atoms with Gasteiger partial charge in [-0.15, -0.1) is 0 Å². The fraction of sp³-hybridized carbons (Fsp3) is 0.133. The van der Waals surface area contributed by atoms with Crippen LogP contribution in [0, 0.1) is 0 Å². The number of carbonyl (C=O) groups is 2. The fourth-order valence-corrected chi connectivity index (χ4v) is 1.67. The van der Waals surface area contributed by atoms with E-state index in [0.717, 1.165) is 12.6 Å². The van der Waals surface area contributed by atoms with Gasteiger partial charge in [0.2, 0.25) is 0 Å². The predicted molar refractivity (Wildman–Crippen MR) is 75.0 cm³/mol. The summed E-state index contributed by atoms with van der Waals surface area (Å²) in [6, 6.07) is 10.3. The van der Waals surface area contributed by atoms with Crippen LogP contribution in [-0.2, 0) is 6.42 Å². The van der Waals surface area contributed by atoms with E-state index in [4.69, 9.17) is 5.11 Å². The number of amides is 1. The summed E-state index contributed by atoms with van der Waals surface area (Å²) in [6.45, 7) is 2.06. The van der Waals surface area contributed by atoms with Crippen molar-refractivity contribution in [1.29, 1.82) is 0 Å². The molecule has 0 fully saturated rings. The third-order valence-electron chi connectivity index (χ3n) is 2.86. The first-order chi connectivity index (χ1) is 9.60. The summed E-state index contributed by atoms with van der Waals surface area (Å²) >= 11 is 0. The third-order valence-corrected chi connectivity index (χ3v) is 2.86. The Balaban J connectivity index is 2.08. The first-order valence-electron chi connectivity index (χ1n) is 6.20. The van der Waals surface area contributed by atoms with Gasteiger partial charge in [0.15, 0.2) is 0 Å². The van der Waals surface area contributed by atoms with Gasteiger partial charge in [-0.2, -0.15) is 0 Å². The van der Waals surface area contributed by atoms with Crippen molar-refractivity contribution in [3.8, 4) is 0 Å². The van der Waals surface area contributed by atoms with Crippen LogP contribution >= 0.6 is 0 Å². The number of benzene rings is 1. The number of aromatic nitrogens is 1. The van der Waals surface area contributed by atoms with Gasteiger partial charge in [0, 0.05) is 11.9 Å². The molecule has 0 aliphatic carbocycles. The van der Waals surface area contributed by atoms with E-state index < -0.39 is 5.97 Å². The Hall–Kier alpha value is -2.69. The van der Waals surface area contributed by atoms with Crippen LogP contribution in [0.2, 0.25) is 0 Å². The summed E-state index contributed by atoms with van der Waals surface area (Å²) in [5, 5.41) is 11.5. The van der Waals surface area contributed by atoms with Gasteiger partial charge in [-0.1, -0.05) is 19.1 Å². The van der Waals surface area contributed by atoms with Gasteiger partial charge in [-0.25, -0.2) is 4.79 Å². The van der Waals surface area contributed by atoms with Crippen molar-refractivity contribution < 1.29 is 14.7 Å². The van der Waals surface area contributed by atoms with Crippen LogP contribution in [0.4, 0.5) is 5.69 Å². The number of hydrogen-bond donors (Lipinski definition) is 2. The molecular weight excluding hydrogens is 256 g/mol. The molecule has 0 atom stereocenters. The van der Waals surface area contributed by atoms with E-state index in [1.54, 1.807) is 0 Å². The largest absolute Gasteiger partial charge is 0.478 e. The second-order valence-electron chi connectivity index (χ2n) is 4.24. The quantitative estimate of drug-likeness (QED) is 0.895. The lowest BCUT2D eigenvalue weighted by Crippen LogP contribution is -2.14. The van der Waals surface area contributed by atoms with Crippen LogP contribution in [0.25, 0.3) is 0 Å². The minimum Gasteiger partial charge on any atom is -0.478 e. The van der Waals surface area contributed by atoms with Crippen molar-refractivity contribution in [2.24, 2.45) is 0 Å². The van der Waals surface area contributed by atoms with Crippen molar-refractivity contribution in [3.63, 3.8) is 0 Å². The molecule has 0 aliphatic rings. The molecule has 0 unspecified atom stereocenters. The molecule has 102 valence electrons. The number of pyridine rings is 1. The van der Waals surface area contributed by atoms with E-state index in [2.05, 4.69) is 17.2 Å². The molecule has 1 heterocycles. The molecule has 1 aromatic heterocycles. The summed E-state index contributed by atoms with van der Waals surface area (Å²) in [7, 11) is 0. The number of nitrogens with one attached hydrogen (secondary N) is 1. The van der Waals surface area contributed by atoms with E-state index in [0.29, 0.717) is 5.69 Å². The maximum absolute atomic E-state index is 11.9. The molecule has 0 bridgehead atoms. The summed E-state index contributed by atoms with van der Waals surface area (Å²) in [6.07, 6.45) is 2.10. The summed E-state index contributed by atoms with van der Waals surface area (Å²) < 4.78 is 0. The van der Waals surface area contributed by atoms with E-state index >= 15 is 0 Å². The van der Waals surface area contributed by atoms with Gasteiger partial charge in [0.25, 0.3) is 5.91 Å². The van der Waals surface area contributed by atoms with Crippen molar-refractivity contribution in [2.75, 3.05) is 5.32 Å². The molecule has 0 saturated carbocycles. The lowest BCUT2D eigenvalue weighted by atomic mass is 10.1. The highest BCUT2D eigenvalue weighted by molar-refractivity contribution is 6.03. The Bertz CT molecular complexity index is 619. The highest BCUT2D eigenvalue weighted by atomic mass is 16.4. The zero-order valence-electron chi connectivity index (χ0n) is 11.0. The molecule has 1 aromatic carbocycles. The highest BCUT2D eigenvalue weighted by Gasteiger charge is 2.09. The topological polar surface area (TPSA) is 79.3 Å². The molecule has 0 aliphatic heterocycles. The molecule has 5 nitrogen and oxygen atoms in total. The molecule has 20 heavy (non-hydrogen) atoms. The Kier molecular flexibility index (Phi) is 4.10. The molecule has 0 radical (unpaired) electrons. The van der Waals surface area contributed by atoms with Gasteiger partial charge in [0.1, 0.15) is 5.69 Å². The average Bonchev–Trinajstić information content (AvgIpc) is 2.48. The molecule has 5 heteroatoms. The Morgan fingerprint density at radius 2 is 1.85 bits per heavy atom. The van der Waals surface area contributed by atoms with Crippen molar-refractivity contribution in [2.45, 2.75) is 13.3 Å². The molecule has 0 spiro atoms. The SMILES string of the molecule is CCc1ccc(NC(=O)c2ccc(C(=O)O)cn2)cc1. The molecule has 0 saturated heterocycles. The van der Waals surface area contributed by atoms with E-state index in [1.165, 1.54) is 17.7 Å². The third kappa shape index (κ3) is 3.20. The first kappa shape index (κ1) is 13.7. The number of nitrogens with zero attached hydrogens (tertiary/aromatic N) is 1. The summed E-state index contributed by atoms with van der Waals surface area (Å²) in [4.78, 5) is 26.5. The van der Waals surface area contributed by atoms with Crippen LogP contribution < -0.4 is 5.32 Å². The standard InChI is InChI=1S/C15H14N2O3/c1-2-10-3-6-12(7-4-10)17-14(18)13-8-5-11(9-16-13)15(19)20/h3-9H,2H2,1H3,(H,17,18)(H,19,20). The Labute approximate surface area is 116 Å². The second kappa shape index (κ2) is 5.97. The van der Waals surface area contributed by atoms with Crippen LogP contribution in [0.1, 0.15) is 33.3 Å². The summed E-state index contributed by atoms with van der Waals surface area (Å²) in [5.41, 5.74) is 2.09. The average molecular weight is 270 g/mol. The minimum absolute atomic E-state index is 0.0499. The monoisotopic (exact) mass is 270 g/mol. The lowest BCUT2D eigenvalue weighted by Gasteiger charge is -2.05. The number of carbonyl (C=O) groups excluding carboxylic acids is 1. The van der Waals surface area contributed by atoms with Gasteiger partial charge in [0.05, 0.1) is 5.56 Å². The number of carboxylic acid groups (broad SMARTS) is 1. The fourth-order valence-electron chi connectivity index (χ4n) is 1.67. The smallest absolute Gasteiger partial charge is 0.337 e. The minimum atomic E-state index is -1.07. The van der Waals surface area contributed by atoms with Gasteiger partial charge < -0.3 is 10.4 Å². The highest BCUT2D eigenvalue weighted by Crippen LogP contribution is 2.11. The number of carboxylic acids is 1. The van der Waals surface area contributed by atoms with Crippen LogP contribution in [0.3, 0.4) is 0 Å². The number of aryl methyl sites for hydroxylation is 1. The first-order valence-corrected chi connectivity index (χ1v) is 6.20. The second-order valence-corrected chi connectivity index (χ2v) is 4.24. The molecule has 1 amide bonds. The Morgan fingerprint density at radius 3 is 2.35 bits per heavy atom. The van der Waals surface area contributed by atoms with E-state index in [9.17, 15) is 9.59 Å². The molecule has 2 rings (SSSR count). The zero-order chi connectivity index (χ0) is 14.5. The molecule has 2 aromatic rings. The van der Waals surface area contributed by atoms with Gasteiger partial charge in [-0.3, -0.25) is 9.78 Å². The number of hydrogen-bond acceptors (Lipinski definition) is 3. The van der Waals surface area contributed by atoms with Crippen LogP contribution in [-0.4, -0.2) is 22.0 Å². The van der Waals surface area contributed by atoms with E-state index in [-0.39, 0.29) is 17.2 Å². The maximum Gasteiger partial charge on any atom is 0.337 e. The number of aromatic carboxylic acids is 1. The number of rotatable bonds is 4. The maximum atomic E-state index is 11.9. The lowest BCUT2D eigenvalue weighted by molar-refractivity contribution is 0.0696. The van der Waals surface area contributed by atoms with Gasteiger partial charge in [-0.05, 0) is 36.2 Å². The van der Waals surface area contributed by atoms with Crippen molar-refractivity contribution >= 4 is 17.6 Å². The van der Waals surface area contributed by atoms with Crippen molar-refractivity contribution in [1.82, 2.24) is 4.98 Å².